The largest absolute Gasteiger partial charge is 0.399 e. The quantitative estimate of drug-likeness (QED) is 0.816. The van der Waals surface area contributed by atoms with Crippen LogP contribution in [0.25, 0.3) is 0 Å². The molecule has 0 saturated heterocycles. The van der Waals surface area contributed by atoms with E-state index in [9.17, 15) is 4.79 Å². The molecule has 0 bridgehead atoms. The van der Waals surface area contributed by atoms with Gasteiger partial charge in [0.2, 0.25) is 0 Å². The van der Waals surface area contributed by atoms with Crippen molar-refractivity contribution >= 4 is 11.6 Å². The van der Waals surface area contributed by atoms with Crippen LogP contribution >= 0.6 is 0 Å². The van der Waals surface area contributed by atoms with E-state index in [-0.39, 0.29) is 11.4 Å². The first-order chi connectivity index (χ1) is 7.50. The smallest absolute Gasteiger partial charge is 0.270 e. The SMILES string of the molecule is CCC(C)(CC)NC(=O)c1cc(N)ccn1. The minimum atomic E-state index is -0.177. The number of nitrogen functional groups attached to an aromatic ring is 1. The summed E-state index contributed by atoms with van der Waals surface area (Å²) in [7, 11) is 0. The number of amides is 1. The molecular weight excluding hydrogens is 202 g/mol. The number of pyridine rings is 1. The minimum absolute atomic E-state index is 0.168. The molecule has 16 heavy (non-hydrogen) atoms. The van der Waals surface area contributed by atoms with Crippen molar-refractivity contribution in [3.05, 3.63) is 24.0 Å². The lowest BCUT2D eigenvalue weighted by molar-refractivity contribution is 0.0896. The van der Waals surface area contributed by atoms with Gasteiger partial charge in [-0.25, -0.2) is 0 Å². The van der Waals surface area contributed by atoms with Gasteiger partial charge >= 0.3 is 0 Å². The second kappa shape index (κ2) is 4.96. The van der Waals surface area contributed by atoms with Gasteiger partial charge in [0.1, 0.15) is 5.69 Å². The lowest BCUT2D eigenvalue weighted by Gasteiger charge is -2.27. The zero-order valence-corrected chi connectivity index (χ0v) is 10.1. The Morgan fingerprint density at radius 2 is 2.12 bits per heavy atom. The monoisotopic (exact) mass is 221 g/mol. The number of carbonyl (C=O) groups is 1. The summed E-state index contributed by atoms with van der Waals surface area (Å²) in [6.45, 7) is 6.13. The van der Waals surface area contributed by atoms with E-state index < -0.39 is 0 Å². The van der Waals surface area contributed by atoms with Crippen LogP contribution in [0.4, 0.5) is 5.69 Å². The van der Waals surface area contributed by atoms with Gasteiger partial charge in [0.25, 0.3) is 5.91 Å². The molecule has 0 spiro atoms. The standard InChI is InChI=1S/C12H19N3O/c1-4-12(3,5-2)15-11(16)10-8-9(13)6-7-14-10/h6-8H,4-5H2,1-3H3,(H2,13,14)(H,15,16). The third-order valence-corrected chi connectivity index (χ3v) is 2.99. The van der Waals surface area contributed by atoms with Crippen LogP contribution in [0.1, 0.15) is 44.1 Å². The zero-order valence-electron chi connectivity index (χ0n) is 10.1. The van der Waals surface area contributed by atoms with E-state index in [2.05, 4.69) is 24.1 Å². The molecule has 1 heterocycles. The fraction of sp³-hybridized carbons (Fsp3) is 0.500. The summed E-state index contributed by atoms with van der Waals surface area (Å²) in [6.07, 6.45) is 3.31. The summed E-state index contributed by atoms with van der Waals surface area (Å²) in [5, 5.41) is 2.98. The predicted octanol–water partition coefficient (Wildman–Crippen LogP) is 1.97. The third-order valence-electron chi connectivity index (χ3n) is 2.99. The highest BCUT2D eigenvalue weighted by atomic mass is 16.2. The van der Waals surface area contributed by atoms with Crippen molar-refractivity contribution in [1.29, 1.82) is 0 Å². The topological polar surface area (TPSA) is 68.0 Å². The Bertz CT molecular complexity index is 372. The van der Waals surface area contributed by atoms with Crippen LogP contribution < -0.4 is 11.1 Å². The van der Waals surface area contributed by atoms with Gasteiger partial charge < -0.3 is 11.1 Å². The number of rotatable bonds is 4. The molecule has 1 amide bonds. The van der Waals surface area contributed by atoms with Crippen molar-refractivity contribution in [3.63, 3.8) is 0 Å². The van der Waals surface area contributed by atoms with E-state index >= 15 is 0 Å². The van der Waals surface area contributed by atoms with Crippen LogP contribution in [0.2, 0.25) is 0 Å². The van der Waals surface area contributed by atoms with Crippen LogP contribution in [-0.2, 0) is 0 Å². The zero-order chi connectivity index (χ0) is 12.2. The maximum Gasteiger partial charge on any atom is 0.270 e. The molecule has 0 atom stereocenters. The minimum Gasteiger partial charge on any atom is -0.399 e. The number of aromatic nitrogens is 1. The summed E-state index contributed by atoms with van der Waals surface area (Å²) in [5.41, 5.74) is 6.35. The molecule has 1 rings (SSSR count). The highest BCUT2D eigenvalue weighted by Crippen LogP contribution is 2.14. The molecule has 1 aromatic heterocycles. The first kappa shape index (κ1) is 12.5. The second-order valence-corrected chi connectivity index (χ2v) is 4.20. The van der Waals surface area contributed by atoms with Gasteiger partial charge in [0, 0.05) is 17.4 Å². The van der Waals surface area contributed by atoms with Crippen molar-refractivity contribution in [2.45, 2.75) is 39.2 Å². The van der Waals surface area contributed by atoms with Gasteiger partial charge in [0.15, 0.2) is 0 Å². The number of nitrogens with zero attached hydrogens (tertiary/aromatic N) is 1. The molecular formula is C12H19N3O. The molecule has 0 aliphatic rings. The molecule has 0 saturated carbocycles. The molecule has 0 radical (unpaired) electrons. The normalized spacial score (nSPS) is 11.2. The summed E-state index contributed by atoms with van der Waals surface area (Å²) >= 11 is 0. The number of hydrogen-bond acceptors (Lipinski definition) is 3. The van der Waals surface area contributed by atoms with Crippen LogP contribution in [0.3, 0.4) is 0 Å². The molecule has 0 aliphatic carbocycles. The number of anilines is 1. The van der Waals surface area contributed by atoms with Gasteiger partial charge in [-0.05, 0) is 31.9 Å². The fourth-order valence-corrected chi connectivity index (χ4v) is 1.34. The number of hydrogen-bond donors (Lipinski definition) is 2. The van der Waals surface area contributed by atoms with Gasteiger partial charge in [-0.15, -0.1) is 0 Å². The van der Waals surface area contributed by atoms with Crippen LogP contribution in [-0.4, -0.2) is 16.4 Å². The molecule has 0 fully saturated rings. The Morgan fingerprint density at radius 1 is 1.50 bits per heavy atom. The molecule has 0 unspecified atom stereocenters. The van der Waals surface area contributed by atoms with Crippen LogP contribution in [0.5, 0.6) is 0 Å². The maximum absolute atomic E-state index is 11.9. The molecule has 3 N–H and O–H groups in total. The Hall–Kier alpha value is -1.58. The van der Waals surface area contributed by atoms with E-state index in [1.807, 2.05) is 6.92 Å². The van der Waals surface area contributed by atoms with Gasteiger partial charge in [-0.2, -0.15) is 0 Å². The Balaban J connectivity index is 2.80. The molecule has 4 heteroatoms. The maximum atomic E-state index is 11.9. The average molecular weight is 221 g/mol. The third kappa shape index (κ3) is 2.95. The van der Waals surface area contributed by atoms with Gasteiger partial charge in [-0.3, -0.25) is 9.78 Å². The molecule has 0 aromatic carbocycles. The summed E-state index contributed by atoms with van der Waals surface area (Å²) in [5.74, 6) is -0.168. The van der Waals surface area contributed by atoms with Crippen molar-refractivity contribution < 1.29 is 4.79 Å². The highest BCUT2D eigenvalue weighted by Gasteiger charge is 2.22. The summed E-state index contributed by atoms with van der Waals surface area (Å²) in [4.78, 5) is 15.9. The first-order valence-electron chi connectivity index (χ1n) is 5.55. The van der Waals surface area contributed by atoms with Crippen molar-refractivity contribution in [2.24, 2.45) is 0 Å². The number of nitrogens with two attached hydrogens (primary N) is 1. The molecule has 1 aromatic rings. The second-order valence-electron chi connectivity index (χ2n) is 4.20. The highest BCUT2D eigenvalue weighted by molar-refractivity contribution is 5.93. The Kier molecular flexibility index (Phi) is 3.88. The fourth-order valence-electron chi connectivity index (χ4n) is 1.34. The number of nitrogens with one attached hydrogen (secondary N) is 1. The van der Waals surface area contributed by atoms with Crippen molar-refractivity contribution in [3.8, 4) is 0 Å². The predicted molar refractivity (Wildman–Crippen MR) is 65.1 cm³/mol. The lowest BCUT2D eigenvalue weighted by atomic mass is 9.95. The van der Waals surface area contributed by atoms with E-state index in [0.717, 1.165) is 12.8 Å². The molecule has 88 valence electrons. The van der Waals surface area contributed by atoms with Gasteiger partial charge in [-0.1, -0.05) is 13.8 Å². The van der Waals surface area contributed by atoms with Crippen molar-refractivity contribution in [1.82, 2.24) is 10.3 Å². The van der Waals surface area contributed by atoms with E-state index in [1.54, 1.807) is 18.3 Å². The van der Waals surface area contributed by atoms with E-state index in [1.165, 1.54) is 0 Å². The Morgan fingerprint density at radius 3 is 2.62 bits per heavy atom. The van der Waals surface area contributed by atoms with E-state index in [0.29, 0.717) is 11.4 Å². The van der Waals surface area contributed by atoms with Crippen LogP contribution in [0.15, 0.2) is 18.3 Å². The summed E-state index contributed by atoms with van der Waals surface area (Å²) in [6, 6.07) is 3.25. The molecule has 0 aliphatic heterocycles. The lowest BCUT2D eigenvalue weighted by Crippen LogP contribution is -2.45. The summed E-state index contributed by atoms with van der Waals surface area (Å²) < 4.78 is 0. The van der Waals surface area contributed by atoms with Gasteiger partial charge in [0.05, 0.1) is 0 Å². The van der Waals surface area contributed by atoms with E-state index in [4.69, 9.17) is 5.73 Å². The van der Waals surface area contributed by atoms with Crippen molar-refractivity contribution in [2.75, 3.05) is 5.73 Å². The molecule has 4 nitrogen and oxygen atoms in total. The number of carbonyl (C=O) groups excluding carboxylic acids is 1. The van der Waals surface area contributed by atoms with Crippen LogP contribution in [0, 0.1) is 0 Å². The first-order valence-corrected chi connectivity index (χ1v) is 5.55. The Labute approximate surface area is 96.3 Å². The average Bonchev–Trinajstić information content (AvgIpc) is 2.29.